The Morgan fingerprint density at radius 2 is 1.41 bits per heavy atom. The summed E-state index contributed by atoms with van der Waals surface area (Å²) in [5, 5.41) is 11.3. The number of ether oxygens (including phenoxy) is 1. The van der Waals surface area contributed by atoms with Gasteiger partial charge >= 0.3 is 0 Å². The number of rotatable bonds is 7. The van der Waals surface area contributed by atoms with Gasteiger partial charge in [0.05, 0.1) is 28.7 Å². The second-order valence-electron chi connectivity index (χ2n) is 10.2. The Balaban J connectivity index is 1.50. The number of amides is 1. The van der Waals surface area contributed by atoms with Gasteiger partial charge in [0.15, 0.2) is 0 Å². The number of anilines is 1. The highest BCUT2D eigenvalue weighted by Crippen LogP contribution is 2.33. The number of carbonyl (C=O) groups excluding carboxylic acids is 1. The Labute approximate surface area is 239 Å². The molecule has 0 saturated heterocycles. The zero-order valence-corrected chi connectivity index (χ0v) is 23.2. The minimum atomic E-state index is -0.190. The first-order valence-corrected chi connectivity index (χ1v) is 13.7. The van der Waals surface area contributed by atoms with E-state index in [0.29, 0.717) is 17.0 Å². The molecule has 6 rings (SSSR count). The van der Waals surface area contributed by atoms with Crippen molar-refractivity contribution in [2.45, 2.75) is 26.9 Å². The molecule has 6 heteroatoms. The standard InChI is InChI=1S/C35H30N4O2/c1-24(2)41-32-20-19-27(21-25(32)3)33-28(23-38(36-33)29-15-9-5-10-16-29)22-31-34(26-13-7-4-8-14-26)37-39(35(31)40)30-17-11-6-12-18-30/h4-24H,1-3H3/b31-22+. The lowest BCUT2D eigenvalue weighted by molar-refractivity contribution is -0.114. The van der Waals surface area contributed by atoms with Gasteiger partial charge in [-0.25, -0.2) is 4.68 Å². The Morgan fingerprint density at radius 1 is 0.780 bits per heavy atom. The summed E-state index contributed by atoms with van der Waals surface area (Å²) in [4.78, 5) is 13.9. The number of para-hydroxylation sites is 2. The lowest BCUT2D eigenvalue weighted by Gasteiger charge is -2.13. The Kier molecular flexibility index (Phi) is 7.04. The Bertz CT molecular complexity index is 1750. The van der Waals surface area contributed by atoms with Crippen molar-refractivity contribution in [3.8, 4) is 22.7 Å². The van der Waals surface area contributed by atoms with Crippen LogP contribution in [0.4, 0.5) is 5.69 Å². The average molecular weight is 539 g/mol. The highest BCUT2D eigenvalue weighted by Gasteiger charge is 2.32. The van der Waals surface area contributed by atoms with Crippen LogP contribution in [0.1, 0.15) is 30.5 Å². The van der Waals surface area contributed by atoms with Crippen molar-refractivity contribution in [3.63, 3.8) is 0 Å². The number of hydrogen-bond donors (Lipinski definition) is 0. The van der Waals surface area contributed by atoms with Gasteiger partial charge in [0.1, 0.15) is 11.5 Å². The molecule has 6 nitrogen and oxygen atoms in total. The lowest BCUT2D eigenvalue weighted by Crippen LogP contribution is -2.21. The zero-order chi connectivity index (χ0) is 28.3. The van der Waals surface area contributed by atoms with Crippen molar-refractivity contribution >= 4 is 23.4 Å². The van der Waals surface area contributed by atoms with E-state index in [2.05, 4.69) is 6.07 Å². The molecule has 0 radical (unpaired) electrons. The molecule has 0 bridgehead atoms. The molecule has 0 fully saturated rings. The number of aromatic nitrogens is 2. The van der Waals surface area contributed by atoms with Crippen molar-refractivity contribution in [1.29, 1.82) is 0 Å². The van der Waals surface area contributed by atoms with E-state index >= 15 is 0 Å². The molecule has 5 aromatic rings. The predicted molar refractivity (Wildman–Crippen MR) is 164 cm³/mol. The van der Waals surface area contributed by atoms with Crippen molar-refractivity contribution in [2.24, 2.45) is 5.10 Å². The molecule has 0 unspecified atom stereocenters. The van der Waals surface area contributed by atoms with Gasteiger partial charge in [-0.2, -0.15) is 15.2 Å². The molecule has 4 aromatic carbocycles. The van der Waals surface area contributed by atoms with Gasteiger partial charge in [0.25, 0.3) is 5.91 Å². The molecule has 202 valence electrons. The first-order chi connectivity index (χ1) is 20.0. The van der Waals surface area contributed by atoms with Crippen molar-refractivity contribution in [1.82, 2.24) is 9.78 Å². The van der Waals surface area contributed by atoms with Crippen LogP contribution >= 0.6 is 0 Å². The van der Waals surface area contributed by atoms with Crippen molar-refractivity contribution in [2.75, 3.05) is 5.01 Å². The maximum absolute atomic E-state index is 13.9. The van der Waals surface area contributed by atoms with Gasteiger partial charge < -0.3 is 4.74 Å². The first-order valence-electron chi connectivity index (χ1n) is 13.7. The van der Waals surface area contributed by atoms with Crippen LogP contribution in [0.3, 0.4) is 0 Å². The highest BCUT2D eigenvalue weighted by atomic mass is 16.5. The van der Waals surface area contributed by atoms with E-state index in [1.807, 2.05) is 141 Å². The predicted octanol–water partition coefficient (Wildman–Crippen LogP) is 7.47. The van der Waals surface area contributed by atoms with Crippen LogP contribution < -0.4 is 9.75 Å². The summed E-state index contributed by atoms with van der Waals surface area (Å²) in [6.45, 7) is 6.07. The summed E-state index contributed by atoms with van der Waals surface area (Å²) in [6, 6.07) is 35.3. The van der Waals surface area contributed by atoms with Crippen molar-refractivity contribution < 1.29 is 9.53 Å². The zero-order valence-electron chi connectivity index (χ0n) is 23.2. The average Bonchev–Trinajstić information content (AvgIpc) is 3.57. The van der Waals surface area contributed by atoms with E-state index in [9.17, 15) is 4.79 Å². The number of nitrogens with zero attached hydrogens (tertiary/aromatic N) is 4. The molecule has 0 saturated carbocycles. The van der Waals surface area contributed by atoms with Crippen LogP contribution in [-0.2, 0) is 4.79 Å². The normalized spacial score (nSPS) is 14.1. The summed E-state index contributed by atoms with van der Waals surface area (Å²) < 4.78 is 7.83. The Hall–Kier alpha value is -5.23. The second-order valence-corrected chi connectivity index (χ2v) is 10.2. The summed E-state index contributed by atoms with van der Waals surface area (Å²) in [5.41, 5.74) is 7.16. The summed E-state index contributed by atoms with van der Waals surface area (Å²) in [5.74, 6) is 0.652. The van der Waals surface area contributed by atoms with Gasteiger partial charge in [-0.1, -0.05) is 66.7 Å². The number of aryl methyl sites for hydroxylation is 1. The maximum Gasteiger partial charge on any atom is 0.281 e. The van der Waals surface area contributed by atoms with Crippen LogP contribution in [-0.4, -0.2) is 27.5 Å². The highest BCUT2D eigenvalue weighted by molar-refractivity contribution is 6.37. The van der Waals surface area contributed by atoms with Gasteiger partial charge in [0, 0.05) is 22.9 Å². The number of hydrogen-bond acceptors (Lipinski definition) is 4. The number of benzene rings is 4. The Morgan fingerprint density at radius 3 is 2.05 bits per heavy atom. The molecular formula is C35H30N4O2. The number of carbonyl (C=O) groups is 1. The van der Waals surface area contributed by atoms with E-state index in [1.54, 1.807) is 0 Å². The quantitative estimate of drug-likeness (QED) is 0.202. The van der Waals surface area contributed by atoms with Gasteiger partial charge in [-0.05, 0) is 74.9 Å². The molecular weight excluding hydrogens is 508 g/mol. The van der Waals surface area contributed by atoms with Gasteiger partial charge in [-0.15, -0.1) is 0 Å². The van der Waals surface area contributed by atoms with Gasteiger partial charge in [0.2, 0.25) is 0 Å². The fourth-order valence-electron chi connectivity index (χ4n) is 4.87. The summed E-state index contributed by atoms with van der Waals surface area (Å²) in [6.07, 6.45) is 3.95. The van der Waals surface area contributed by atoms with Crippen LogP contribution in [0, 0.1) is 6.92 Å². The molecule has 0 N–H and O–H groups in total. The molecule has 0 aliphatic carbocycles. The third kappa shape index (κ3) is 5.32. The minimum absolute atomic E-state index is 0.0776. The van der Waals surface area contributed by atoms with E-state index in [-0.39, 0.29) is 12.0 Å². The van der Waals surface area contributed by atoms with Crippen LogP contribution in [0.5, 0.6) is 5.75 Å². The number of hydrazone groups is 1. The second kappa shape index (κ2) is 11.1. The van der Waals surface area contributed by atoms with Crippen molar-refractivity contribution in [3.05, 3.63) is 138 Å². The fraction of sp³-hybridized carbons (Fsp3) is 0.114. The smallest absolute Gasteiger partial charge is 0.281 e. The van der Waals surface area contributed by atoms with Crippen LogP contribution in [0.2, 0.25) is 0 Å². The van der Waals surface area contributed by atoms with E-state index in [4.69, 9.17) is 14.9 Å². The molecule has 1 aliphatic heterocycles. The molecule has 0 spiro atoms. The molecule has 41 heavy (non-hydrogen) atoms. The fourth-order valence-corrected chi connectivity index (χ4v) is 4.87. The van der Waals surface area contributed by atoms with E-state index in [1.165, 1.54) is 5.01 Å². The molecule has 1 aliphatic rings. The molecule has 1 aromatic heterocycles. The minimum Gasteiger partial charge on any atom is -0.491 e. The molecule has 1 amide bonds. The van der Waals surface area contributed by atoms with Crippen LogP contribution in [0.15, 0.2) is 126 Å². The van der Waals surface area contributed by atoms with E-state index in [0.717, 1.165) is 39.4 Å². The monoisotopic (exact) mass is 538 g/mol. The third-order valence-electron chi connectivity index (χ3n) is 6.80. The summed E-state index contributed by atoms with van der Waals surface area (Å²) >= 11 is 0. The topological polar surface area (TPSA) is 59.7 Å². The maximum atomic E-state index is 13.9. The molecule has 0 atom stereocenters. The summed E-state index contributed by atoms with van der Waals surface area (Å²) in [7, 11) is 0. The lowest BCUT2D eigenvalue weighted by atomic mass is 9.98. The largest absolute Gasteiger partial charge is 0.491 e. The third-order valence-corrected chi connectivity index (χ3v) is 6.80. The van der Waals surface area contributed by atoms with Gasteiger partial charge in [-0.3, -0.25) is 4.79 Å². The first kappa shape index (κ1) is 26.0. The van der Waals surface area contributed by atoms with E-state index < -0.39 is 0 Å². The van der Waals surface area contributed by atoms with Crippen LogP contribution in [0.25, 0.3) is 23.0 Å². The molecule has 2 heterocycles. The SMILES string of the molecule is Cc1cc(-c2nn(-c3ccccc3)cc2/C=C2/C(=O)N(c3ccccc3)N=C2c2ccccc2)ccc1OC(C)C.